The molecule has 0 spiro atoms. The summed E-state index contributed by atoms with van der Waals surface area (Å²) in [6, 6.07) is 2.35. The Morgan fingerprint density at radius 2 is 2.47 bits per heavy atom. The summed E-state index contributed by atoms with van der Waals surface area (Å²) in [7, 11) is 0. The highest BCUT2D eigenvalue weighted by Crippen LogP contribution is 2.34. The van der Waals surface area contributed by atoms with Crippen LogP contribution in [0.5, 0.6) is 0 Å². The molecule has 15 heavy (non-hydrogen) atoms. The molecule has 2 rings (SSSR count). The number of halogens is 1. The van der Waals surface area contributed by atoms with Crippen molar-refractivity contribution in [2.75, 3.05) is 13.1 Å². The molecular weight excluding hydrogens is 256 g/mol. The van der Waals surface area contributed by atoms with Crippen LogP contribution in [-0.2, 0) is 0 Å². The fourth-order valence-corrected chi connectivity index (χ4v) is 2.77. The van der Waals surface area contributed by atoms with E-state index in [1.165, 1.54) is 6.42 Å². The predicted octanol–water partition coefficient (Wildman–Crippen LogP) is 2.53. The molecular formula is C11H17BrN2O. The first-order valence-corrected chi connectivity index (χ1v) is 6.26. The van der Waals surface area contributed by atoms with E-state index in [1.807, 2.05) is 6.07 Å². The van der Waals surface area contributed by atoms with Gasteiger partial charge in [-0.2, -0.15) is 0 Å². The van der Waals surface area contributed by atoms with Crippen molar-refractivity contribution in [1.82, 2.24) is 4.90 Å². The predicted molar refractivity (Wildman–Crippen MR) is 63.6 cm³/mol. The van der Waals surface area contributed by atoms with Crippen molar-refractivity contribution in [3.63, 3.8) is 0 Å². The van der Waals surface area contributed by atoms with Crippen LogP contribution < -0.4 is 5.73 Å². The minimum atomic E-state index is 0.182. The molecule has 2 N–H and O–H groups in total. The molecule has 0 aromatic carbocycles. The third kappa shape index (κ3) is 2.12. The van der Waals surface area contributed by atoms with Crippen LogP contribution in [0.3, 0.4) is 0 Å². The van der Waals surface area contributed by atoms with Crippen molar-refractivity contribution in [1.29, 1.82) is 0 Å². The van der Waals surface area contributed by atoms with Crippen LogP contribution in [0, 0.1) is 0 Å². The first-order chi connectivity index (χ1) is 7.24. The summed E-state index contributed by atoms with van der Waals surface area (Å²) in [5.74, 6) is 0.976. The summed E-state index contributed by atoms with van der Waals surface area (Å²) >= 11 is 3.51. The zero-order valence-corrected chi connectivity index (χ0v) is 10.5. The van der Waals surface area contributed by atoms with Gasteiger partial charge in [0.15, 0.2) is 0 Å². The topological polar surface area (TPSA) is 42.4 Å². The van der Waals surface area contributed by atoms with Crippen molar-refractivity contribution >= 4 is 15.9 Å². The standard InChI is InChI=1S/C11H17BrN2O/c1-2-14-6-3-4-9(13)10(14)11-8(12)5-7-15-11/h5,7,9-10H,2-4,6,13H2,1H3. The van der Waals surface area contributed by atoms with Gasteiger partial charge >= 0.3 is 0 Å². The lowest BCUT2D eigenvalue weighted by atomic mass is 9.95. The van der Waals surface area contributed by atoms with E-state index in [4.69, 9.17) is 10.2 Å². The number of nitrogens with two attached hydrogens (primary N) is 1. The lowest BCUT2D eigenvalue weighted by molar-refractivity contribution is 0.116. The van der Waals surface area contributed by atoms with Gasteiger partial charge in [-0.3, -0.25) is 4.90 Å². The molecule has 84 valence electrons. The van der Waals surface area contributed by atoms with E-state index < -0.39 is 0 Å². The minimum absolute atomic E-state index is 0.182. The molecule has 2 heterocycles. The number of nitrogens with zero attached hydrogens (tertiary/aromatic N) is 1. The van der Waals surface area contributed by atoms with Gasteiger partial charge in [0.2, 0.25) is 0 Å². The van der Waals surface area contributed by atoms with Gasteiger partial charge in [0, 0.05) is 6.04 Å². The lowest BCUT2D eigenvalue weighted by Crippen LogP contribution is -2.45. The Morgan fingerprint density at radius 3 is 3.07 bits per heavy atom. The largest absolute Gasteiger partial charge is 0.466 e. The molecule has 0 bridgehead atoms. The van der Waals surface area contributed by atoms with Crippen LogP contribution in [0.1, 0.15) is 31.6 Å². The maximum absolute atomic E-state index is 6.18. The molecule has 0 saturated carbocycles. The van der Waals surface area contributed by atoms with Crippen LogP contribution in [0.25, 0.3) is 0 Å². The Labute approximate surface area is 98.7 Å². The van der Waals surface area contributed by atoms with E-state index >= 15 is 0 Å². The van der Waals surface area contributed by atoms with Crippen LogP contribution in [-0.4, -0.2) is 24.0 Å². The Balaban J connectivity index is 2.27. The van der Waals surface area contributed by atoms with Crippen LogP contribution in [0.2, 0.25) is 0 Å². The number of furan rings is 1. The van der Waals surface area contributed by atoms with Crippen molar-refractivity contribution < 1.29 is 4.42 Å². The Bertz CT molecular complexity index is 326. The summed E-state index contributed by atoms with van der Waals surface area (Å²) < 4.78 is 6.57. The number of likely N-dealkylation sites (N-methyl/N-ethyl adjacent to an activating group) is 1. The average molecular weight is 273 g/mol. The lowest BCUT2D eigenvalue weighted by Gasteiger charge is -2.38. The van der Waals surface area contributed by atoms with Gasteiger partial charge in [0.25, 0.3) is 0 Å². The molecule has 4 heteroatoms. The summed E-state index contributed by atoms with van der Waals surface area (Å²) in [5.41, 5.74) is 6.18. The molecule has 0 radical (unpaired) electrons. The van der Waals surface area contributed by atoms with Gasteiger partial charge in [-0.15, -0.1) is 0 Å². The van der Waals surface area contributed by atoms with Gasteiger partial charge in [-0.1, -0.05) is 6.92 Å². The zero-order valence-electron chi connectivity index (χ0n) is 8.95. The second kappa shape index (κ2) is 4.68. The van der Waals surface area contributed by atoms with Gasteiger partial charge < -0.3 is 10.2 Å². The maximum Gasteiger partial charge on any atom is 0.136 e. The number of hydrogen-bond acceptors (Lipinski definition) is 3. The Morgan fingerprint density at radius 1 is 1.67 bits per heavy atom. The molecule has 2 unspecified atom stereocenters. The van der Waals surface area contributed by atoms with E-state index in [0.717, 1.165) is 29.7 Å². The third-order valence-electron chi connectivity index (χ3n) is 3.10. The second-order valence-corrected chi connectivity index (χ2v) is 4.87. The quantitative estimate of drug-likeness (QED) is 0.900. The van der Waals surface area contributed by atoms with Crippen molar-refractivity contribution in [3.8, 4) is 0 Å². The first kappa shape index (κ1) is 11.2. The van der Waals surface area contributed by atoms with Gasteiger partial charge in [0.1, 0.15) is 5.76 Å². The number of hydrogen-bond donors (Lipinski definition) is 1. The van der Waals surface area contributed by atoms with E-state index in [-0.39, 0.29) is 12.1 Å². The second-order valence-electron chi connectivity index (χ2n) is 4.01. The fraction of sp³-hybridized carbons (Fsp3) is 0.636. The zero-order chi connectivity index (χ0) is 10.8. The molecule has 1 aromatic heterocycles. The van der Waals surface area contributed by atoms with Crippen LogP contribution in [0.4, 0.5) is 0 Å². The van der Waals surface area contributed by atoms with Crippen LogP contribution in [0.15, 0.2) is 21.2 Å². The van der Waals surface area contributed by atoms with E-state index in [0.29, 0.717) is 0 Å². The minimum Gasteiger partial charge on any atom is -0.466 e. The third-order valence-corrected chi connectivity index (χ3v) is 3.76. The Kier molecular flexibility index (Phi) is 3.49. The van der Waals surface area contributed by atoms with Crippen molar-refractivity contribution in [2.45, 2.75) is 31.8 Å². The molecule has 1 aromatic rings. The summed E-state index contributed by atoms with van der Waals surface area (Å²) in [6.07, 6.45) is 3.98. The highest BCUT2D eigenvalue weighted by molar-refractivity contribution is 9.10. The van der Waals surface area contributed by atoms with Crippen LogP contribution >= 0.6 is 15.9 Å². The van der Waals surface area contributed by atoms with Gasteiger partial charge in [-0.25, -0.2) is 0 Å². The monoisotopic (exact) mass is 272 g/mol. The molecule has 1 fully saturated rings. The molecule has 1 aliphatic heterocycles. The van der Waals surface area contributed by atoms with Crippen molar-refractivity contribution in [3.05, 3.63) is 22.6 Å². The first-order valence-electron chi connectivity index (χ1n) is 5.46. The molecule has 1 aliphatic rings. The number of piperidine rings is 1. The summed E-state index contributed by atoms with van der Waals surface area (Å²) in [4.78, 5) is 2.39. The molecule has 0 amide bonds. The Hall–Kier alpha value is -0.320. The highest BCUT2D eigenvalue weighted by Gasteiger charge is 2.32. The van der Waals surface area contributed by atoms with Gasteiger partial charge in [-0.05, 0) is 47.9 Å². The van der Waals surface area contributed by atoms with Gasteiger partial charge in [0.05, 0.1) is 16.8 Å². The molecule has 1 saturated heterocycles. The maximum atomic E-state index is 6.18. The normalized spacial score (nSPS) is 28.2. The van der Waals surface area contributed by atoms with E-state index in [9.17, 15) is 0 Å². The number of rotatable bonds is 2. The van der Waals surface area contributed by atoms with E-state index in [2.05, 4.69) is 27.8 Å². The van der Waals surface area contributed by atoms with E-state index in [1.54, 1.807) is 6.26 Å². The SMILES string of the molecule is CCN1CCCC(N)C1c1occc1Br. The summed E-state index contributed by atoms with van der Waals surface area (Å²) in [5, 5.41) is 0. The fourth-order valence-electron chi connectivity index (χ4n) is 2.33. The molecule has 0 aliphatic carbocycles. The molecule has 2 atom stereocenters. The number of likely N-dealkylation sites (tertiary alicyclic amines) is 1. The average Bonchev–Trinajstić information content (AvgIpc) is 2.64. The summed E-state index contributed by atoms with van der Waals surface area (Å²) in [6.45, 7) is 4.30. The highest BCUT2D eigenvalue weighted by atomic mass is 79.9. The molecule has 3 nitrogen and oxygen atoms in total. The smallest absolute Gasteiger partial charge is 0.136 e. The van der Waals surface area contributed by atoms with Crippen molar-refractivity contribution in [2.24, 2.45) is 5.73 Å².